The molecule has 0 unspecified atom stereocenters. The number of carbonyl (C=O) groups excluding carboxylic acids is 1. The first-order chi connectivity index (χ1) is 17.9. The molecule has 3 heterocycles. The fourth-order valence-corrected chi connectivity index (χ4v) is 5.64. The van der Waals surface area contributed by atoms with Gasteiger partial charge in [0.2, 0.25) is 5.76 Å². The lowest BCUT2D eigenvalue weighted by Gasteiger charge is -2.33. The standard InChI is InChI=1S/C27H27F3N4O2S/c28-27(29,30)24-23(36-26(33-24)37-21-9-5-2-6-10-21)25(35)32-20-11-12-22(31-17-20)34-15-13-19(14-16-34)18-7-3-1-4-8-18/h1,3-4,7-9,11-12,17,19H,2,5-6,10,13-16H2,(H,32,35). The van der Waals surface area contributed by atoms with Crippen molar-refractivity contribution in [1.82, 2.24) is 9.97 Å². The number of halogens is 3. The number of alkyl halides is 3. The van der Waals surface area contributed by atoms with Crippen LogP contribution < -0.4 is 10.2 Å². The highest BCUT2D eigenvalue weighted by Gasteiger charge is 2.41. The van der Waals surface area contributed by atoms with Gasteiger partial charge in [0.15, 0.2) is 5.69 Å². The summed E-state index contributed by atoms with van der Waals surface area (Å²) in [5, 5.41) is 2.29. The number of pyridine rings is 1. The summed E-state index contributed by atoms with van der Waals surface area (Å²) in [6.45, 7) is 1.70. The molecule has 1 amide bonds. The number of aromatic nitrogens is 2. The third-order valence-corrected chi connectivity index (χ3v) is 7.63. The molecule has 10 heteroatoms. The Hall–Kier alpha value is -3.27. The SMILES string of the molecule is O=C(Nc1ccc(N2CCC(c3ccccc3)CC2)nc1)c1oc(SC2=CCCCC2)nc1C(F)(F)F. The number of thioether (sulfide) groups is 1. The van der Waals surface area contributed by atoms with E-state index in [1.165, 1.54) is 11.8 Å². The number of hydrogen-bond donors (Lipinski definition) is 1. The van der Waals surface area contributed by atoms with Gasteiger partial charge in [0, 0.05) is 13.1 Å². The molecule has 1 N–H and O–H groups in total. The minimum atomic E-state index is -4.82. The van der Waals surface area contributed by atoms with Crippen LogP contribution in [0, 0.1) is 0 Å². The molecule has 0 atom stereocenters. The highest BCUT2D eigenvalue weighted by Crippen LogP contribution is 2.38. The molecule has 3 aromatic rings. The van der Waals surface area contributed by atoms with Crippen LogP contribution in [-0.2, 0) is 6.18 Å². The van der Waals surface area contributed by atoms with E-state index in [1.807, 2.05) is 12.1 Å². The molecule has 1 aliphatic heterocycles. The fourth-order valence-electron chi connectivity index (χ4n) is 4.71. The third kappa shape index (κ3) is 6.18. The van der Waals surface area contributed by atoms with Gasteiger partial charge < -0.3 is 14.6 Å². The van der Waals surface area contributed by atoms with Gasteiger partial charge in [0.1, 0.15) is 5.82 Å². The van der Waals surface area contributed by atoms with E-state index < -0.39 is 23.5 Å². The normalized spacial score (nSPS) is 16.9. The topological polar surface area (TPSA) is 71.3 Å². The summed E-state index contributed by atoms with van der Waals surface area (Å²) in [5.74, 6) is -0.584. The summed E-state index contributed by atoms with van der Waals surface area (Å²) < 4.78 is 46.1. The number of nitrogens with one attached hydrogen (secondary N) is 1. The van der Waals surface area contributed by atoms with Crippen LogP contribution >= 0.6 is 11.8 Å². The first-order valence-corrected chi connectivity index (χ1v) is 13.2. The number of benzene rings is 1. The number of allylic oxidation sites excluding steroid dienone is 2. The molecule has 2 aromatic heterocycles. The number of anilines is 2. The lowest BCUT2D eigenvalue weighted by molar-refractivity contribution is -0.141. The average molecular weight is 529 g/mol. The van der Waals surface area contributed by atoms with Crippen LogP contribution in [0.15, 0.2) is 69.3 Å². The zero-order valence-electron chi connectivity index (χ0n) is 20.1. The van der Waals surface area contributed by atoms with Crippen molar-refractivity contribution in [2.45, 2.75) is 55.8 Å². The molecular weight excluding hydrogens is 501 g/mol. The Labute approximate surface area is 217 Å². The van der Waals surface area contributed by atoms with Crippen molar-refractivity contribution >= 4 is 29.2 Å². The second-order valence-electron chi connectivity index (χ2n) is 9.20. The van der Waals surface area contributed by atoms with Crippen LogP contribution in [-0.4, -0.2) is 29.0 Å². The predicted molar refractivity (Wildman–Crippen MR) is 137 cm³/mol. The Morgan fingerprint density at radius 2 is 1.86 bits per heavy atom. The number of amides is 1. The number of hydrogen-bond acceptors (Lipinski definition) is 6. The molecule has 0 saturated carbocycles. The lowest BCUT2D eigenvalue weighted by atomic mass is 9.89. The van der Waals surface area contributed by atoms with Crippen LogP contribution in [0.2, 0.25) is 0 Å². The molecule has 5 rings (SSSR count). The third-order valence-electron chi connectivity index (χ3n) is 6.65. The largest absolute Gasteiger partial charge is 0.437 e. The first-order valence-electron chi connectivity index (χ1n) is 12.4. The van der Waals surface area contributed by atoms with Crippen molar-refractivity contribution < 1.29 is 22.4 Å². The van der Waals surface area contributed by atoms with Crippen LogP contribution in [0.1, 0.15) is 66.3 Å². The van der Waals surface area contributed by atoms with Gasteiger partial charge in [0.05, 0.1) is 11.9 Å². The molecule has 2 aliphatic rings. The van der Waals surface area contributed by atoms with E-state index in [0.717, 1.165) is 74.1 Å². The number of oxazole rings is 1. The van der Waals surface area contributed by atoms with Crippen molar-refractivity contribution in [3.8, 4) is 0 Å². The molecule has 1 saturated heterocycles. The van der Waals surface area contributed by atoms with E-state index in [2.05, 4.69) is 44.5 Å². The van der Waals surface area contributed by atoms with Gasteiger partial charge in [0.25, 0.3) is 11.1 Å². The fraction of sp³-hybridized carbons (Fsp3) is 0.370. The number of piperidine rings is 1. The van der Waals surface area contributed by atoms with E-state index in [1.54, 1.807) is 12.1 Å². The summed E-state index contributed by atoms with van der Waals surface area (Å²) in [6, 6.07) is 13.8. The summed E-state index contributed by atoms with van der Waals surface area (Å²) in [7, 11) is 0. The maximum absolute atomic E-state index is 13.6. The van der Waals surface area contributed by atoms with Gasteiger partial charge in [-0.05, 0) is 78.8 Å². The highest BCUT2D eigenvalue weighted by atomic mass is 32.2. The minimum Gasteiger partial charge on any atom is -0.425 e. The smallest absolute Gasteiger partial charge is 0.425 e. The van der Waals surface area contributed by atoms with Gasteiger partial charge >= 0.3 is 6.18 Å². The Morgan fingerprint density at radius 3 is 2.51 bits per heavy atom. The summed E-state index contributed by atoms with van der Waals surface area (Å²) >= 11 is 1.04. The Kier molecular flexibility index (Phi) is 7.55. The van der Waals surface area contributed by atoms with Gasteiger partial charge in [-0.25, -0.2) is 4.98 Å². The van der Waals surface area contributed by atoms with Crippen molar-refractivity contribution in [2.75, 3.05) is 23.3 Å². The maximum atomic E-state index is 13.6. The summed E-state index contributed by atoms with van der Waals surface area (Å²) in [4.78, 5) is 23.8. The van der Waals surface area contributed by atoms with Crippen molar-refractivity contribution in [2.24, 2.45) is 0 Å². The molecule has 194 valence electrons. The number of nitrogens with zero attached hydrogens (tertiary/aromatic N) is 3. The van der Waals surface area contributed by atoms with E-state index >= 15 is 0 Å². The first kappa shape index (κ1) is 25.4. The molecule has 1 aliphatic carbocycles. The number of carbonyl (C=O) groups is 1. The molecule has 6 nitrogen and oxygen atoms in total. The second kappa shape index (κ2) is 11.0. The monoisotopic (exact) mass is 528 g/mol. The number of rotatable bonds is 6. The highest BCUT2D eigenvalue weighted by molar-refractivity contribution is 8.02. The molecule has 37 heavy (non-hydrogen) atoms. The van der Waals surface area contributed by atoms with Gasteiger partial charge in [-0.3, -0.25) is 4.79 Å². The van der Waals surface area contributed by atoms with Crippen LogP contribution in [0.4, 0.5) is 24.7 Å². The average Bonchev–Trinajstić information content (AvgIpc) is 3.35. The van der Waals surface area contributed by atoms with E-state index in [0.29, 0.717) is 5.92 Å². The quantitative estimate of drug-likeness (QED) is 0.363. The maximum Gasteiger partial charge on any atom is 0.437 e. The van der Waals surface area contributed by atoms with Gasteiger partial charge in [-0.1, -0.05) is 36.4 Å². The summed E-state index contributed by atoms with van der Waals surface area (Å²) in [5.41, 5.74) is 0.298. The molecule has 1 aromatic carbocycles. The molecule has 0 radical (unpaired) electrons. The van der Waals surface area contributed by atoms with E-state index in [4.69, 9.17) is 4.42 Å². The molecule has 1 fully saturated rings. The summed E-state index contributed by atoms with van der Waals surface area (Å²) in [6.07, 6.45) is 4.27. The van der Waals surface area contributed by atoms with E-state index in [-0.39, 0.29) is 10.9 Å². The van der Waals surface area contributed by atoms with Crippen molar-refractivity contribution in [1.29, 1.82) is 0 Å². The molecule has 0 spiro atoms. The minimum absolute atomic E-state index is 0.182. The molecule has 0 bridgehead atoms. The zero-order chi connectivity index (χ0) is 25.8. The second-order valence-corrected chi connectivity index (χ2v) is 10.3. The lowest BCUT2D eigenvalue weighted by Crippen LogP contribution is -2.33. The van der Waals surface area contributed by atoms with Gasteiger partial charge in [-0.15, -0.1) is 0 Å². The Bertz CT molecular complexity index is 1250. The van der Waals surface area contributed by atoms with Crippen LogP contribution in [0.5, 0.6) is 0 Å². The molecular formula is C27H27F3N4O2S. The van der Waals surface area contributed by atoms with Crippen molar-refractivity contribution in [3.63, 3.8) is 0 Å². The predicted octanol–water partition coefficient (Wildman–Crippen LogP) is 7.27. The van der Waals surface area contributed by atoms with Crippen LogP contribution in [0.3, 0.4) is 0 Å². The van der Waals surface area contributed by atoms with Crippen LogP contribution in [0.25, 0.3) is 0 Å². The van der Waals surface area contributed by atoms with E-state index in [9.17, 15) is 18.0 Å². The van der Waals surface area contributed by atoms with Crippen molar-refractivity contribution in [3.05, 3.63) is 76.7 Å². The zero-order valence-corrected chi connectivity index (χ0v) is 20.9. The Balaban J connectivity index is 1.23. The van der Waals surface area contributed by atoms with Gasteiger partial charge in [-0.2, -0.15) is 18.2 Å². The Morgan fingerprint density at radius 1 is 1.08 bits per heavy atom.